The SMILES string of the molecule is CN1CCN(C(=O)c2ccc3c(c2)N(C)C(=O)[C@@H](OC(=O)NC(C)(C)C)CO3)CC1. The highest BCUT2D eigenvalue weighted by atomic mass is 16.6. The van der Waals surface area contributed by atoms with Gasteiger partial charge in [0.05, 0.1) is 5.69 Å². The van der Waals surface area contributed by atoms with Gasteiger partial charge in [0.2, 0.25) is 6.10 Å². The van der Waals surface area contributed by atoms with Crippen molar-refractivity contribution in [2.24, 2.45) is 0 Å². The summed E-state index contributed by atoms with van der Waals surface area (Å²) in [5, 5.41) is 2.67. The van der Waals surface area contributed by atoms with Gasteiger partial charge in [-0.3, -0.25) is 9.59 Å². The molecule has 0 radical (unpaired) electrons. The first kappa shape index (κ1) is 21.9. The van der Waals surface area contributed by atoms with E-state index in [0.29, 0.717) is 30.1 Å². The molecule has 1 N–H and O–H groups in total. The van der Waals surface area contributed by atoms with Crippen molar-refractivity contribution >= 4 is 23.6 Å². The largest absolute Gasteiger partial charge is 0.487 e. The zero-order chi connectivity index (χ0) is 22.1. The van der Waals surface area contributed by atoms with Gasteiger partial charge in [0.15, 0.2) is 0 Å². The fourth-order valence-corrected chi connectivity index (χ4v) is 3.35. The van der Waals surface area contributed by atoms with Crippen molar-refractivity contribution < 1.29 is 23.9 Å². The van der Waals surface area contributed by atoms with E-state index in [1.165, 1.54) is 4.90 Å². The van der Waals surface area contributed by atoms with Crippen molar-refractivity contribution in [3.63, 3.8) is 0 Å². The summed E-state index contributed by atoms with van der Waals surface area (Å²) < 4.78 is 11.0. The van der Waals surface area contributed by atoms with Crippen molar-refractivity contribution in [1.82, 2.24) is 15.1 Å². The topological polar surface area (TPSA) is 91.4 Å². The lowest BCUT2D eigenvalue weighted by Gasteiger charge is -2.32. The van der Waals surface area contributed by atoms with Crippen molar-refractivity contribution in [2.75, 3.05) is 51.8 Å². The minimum Gasteiger partial charge on any atom is -0.487 e. The molecule has 0 saturated carbocycles. The third-order valence-corrected chi connectivity index (χ3v) is 5.08. The highest BCUT2D eigenvalue weighted by Gasteiger charge is 2.33. The molecule has 2 aliphatic rings. The molecule has 3 amide bonds. The number of carbonyl (C=O) groups excluding carboxylic acids is 3. The molecule has 1 aromatic carbocycles. The first-order valence-electron chi connectivity index (χ1n) is 10.1. The number of alkyl carbamates (subject to hydrolysis) is 1. The van der Waals surface area contributed by atoms with E-state index in [4.69, 9.17) is 9.47 Å². The molecule has 0 aromatic heterocycles. The molecular weight excluding hydrogens is 388 g/mol. The number of amides is 3. The molecule has 1 aromatic rings. The molecule has 1 fully saturated rings. The minimum absolute atomic E-state index is 0.0756. The van der Waals surface area contributed by atoms with Crippen LogP contribution in [-0.2, 0) is 9.53 Å². The van der Waals surface area contributed by atoms with Crippen LogP contribution in [0.4, 0.5) is 10.5 Å². The molecule has 3 rings (SSSR count). The number of rotatable bonds is 2. The normalized spacial score (nSPS) is 20.2. The molecular formula is C21H30N4O5. The van der Waals surface area contributed by atoms with Crippen molar-refractivity contribution in [3.05, 3.63) is 23.8 Å². The number of fused-ring (bicyclic) bond motifs is 1. The Hall–Kier alpha value is -2.81. The first-order chi connectivity index (χ1) is 14.0. The van der Waals surface area contributed by atoms with E-state index >= 15 is 0 Å². The predicted molar refractivity (Wildman–Crippen MR) is 112 cm³/mol. The zero-order valence-corrected chi connectivity index (χ0v) is 18.2. The van der Waals surface area contributed by atoms with Gasteiger partial charge in [-0.25, -0.2) is 4.79 Å². The van der Waals surface area contributed by atoms with Crippen LogP contribution < -0.4 is 15.0 Å². The summed E-state index contributed by atoms with van der Waals surface area (Å²) in [7, 11) is 3.61. The van der Waals surface area contributed by atoms with Crippen LogP contribution in [0.1, 0.15) is 31.1 Å². The summed E-state index contributed by atoms with van der Waals surface area (Å²) in [6.07, 6.45) is -1.77. The second-order valence-corrected chi connectivity index (χ2v) is 8.76. The maximum Gasteiger partial charge on any atom is 0.408 e. The number of anilines is 1. The summed E-state index contributed by atoms with van der Waals surface area (Å²) >= 11 is 0. The average Bonchev–Trinajstić information content (AvgIpc) is 2.78. The Kier molecular flexibility index (Phi) is 6.21. The molecule has 2 aliphatic heterocycles. The number of nitrogens with one attached hydrogen (secondary N) is 1. The molecule has 0 aliphatic carbocycles. The van der Waals surface area contributed by atoms with Gasteiger partial charge in [0, 0.05) is 44.3 Å². The van der Waals surface area contributed by atoms with E-state index in [2.05, 4.69) is 10.2 Å². The van der Waals surface area contributed by atoms with Crippen LogP contribution in [0.5, 0.6) is 5.75 Å². The monoisotopic (exact) mass is 418 g/mol. The van der Waals surface area contributed by atoms with Crippen molar-refractivity contribution in [2.45, 2.75) is 32.4 Å². The van der Waals surface area contributed by atoms with Gasteiger partial charge in [0.1, 0.15) is 12.4 Å². The van der Waals surface area contributed by atoms with E-state index in [1.807, 2.05) is 32.7 Å². The molecule has 9 heteroatoms. The summed E-state index contributed by atoms with van der Waals surface area (Å²) in [5.41, 5.74) is 0.479. The lowest BCUT2D eigenvalue weighted by molar-refractivity contribution is -0.127. The fraction of sp³-hybridized carbons (Fsp3) is 0.571. The van der Waals surface area contributed by atoms with Gasteiger partial charge in [-0.1, -0.05) is 0 Å². The molecule has 0 unspecified atom stereocenters. The lowest BCUT2D eigenvalue weighted by atomic mass is 10.1. The van der Waals surface area contributed by atoms with E-state index in [-0.39, 0.29) is 12.5 Å². The highest BCUT2D eigenvalue weighted by Crippen LogP contribution is 2.32. The standard InChI is InChI=1S/C21H30N4O5/c1-21(2,3)22-20(28)30-17-13-29-16-7-6-14(12-15(16)24(5)19(17)27)18(26)25-10-8-23(4)9-11-25/h6-7,12,17H,8-11,13H2,1-5H3,(H,22,28)/t17-/m0/s1. The third-order valence-electron chi connectivity index (χ3n) is 5.08. The number of hydrogen-bond donors (Lipinski definition) is 1. The molecule has 164 valence electrons. The summed E-state index contributed by atoms with van der Waals surface area (Å²) in [5.74, 6) is -0.0292. The summed E-state index contributed by atoms with van der Waals surface area (Å²) in [4.78, 5) is 43.2. The van der Waals surface area contributed by atoms with Gasteiger partial charge in [-0.15, -0.1) is 0 Å². The van der Waals surface area contributed by atoms with E-state index in [0.717, 1.165) is 13.1 Å². The Balaban J connectivity index is 1.74. The van der Waals surface area contributed by atoms with Crippen LogP contribution >= 0.6 is 0 Å². The zero-order valence-electron chi connectivity index (χ0n) is 18.2. The van der Waals surface area contributed by atoms with E-state index in [9.17, 15) is 14.4 Å². The Morgan fingerprint density at radius 1 is 1.13 bits per heavy atom. The van der Waals surface area contributed by atoms with Gasteiger partial charge in [-0.2, -0.15) is 0 Å². The van der Waals surface area contributed by atoms with Gasteiger partial charge in [0.25, 0.3) is 11.8 Å². The molecule has 2 heterocycles. The number of likely N-dealkylation sites (N-methyl/N-ethyl adjacent to an activating group) is 2. The molecule has 0 bridgehead atoms. The van der Waals surface area contributed by atoms with Crippen LogP contribution in [0.15, 0.2) is 18.2 Å². The maximum absolute atomic E-state index is 12.9. The third kappa shape index (κ3) is 5.02. The fourth-order valence-electron chi connectivity index (χ4n) is 3.35. The van der Waals surface area contributed by atoms with Crippen LogP contribution in [0.2, 0.25) is 0 Å². The van der Waals surface area contributed by atoms with Crippen LogP contribution in [0.3, 0.4) is 0 Å². The Bertz CT molecular complexity index is 827. The Morgan fingerprint density at radius 3 is 2.43 bits per heavy atom. The smallest absolute Gasteiger partial charge is 0.408 e. The van der Waals surface area contributed by atoms with Crippen molar-refractivity contribution in [1.29, 1.82) is 0 Å². The lowest BCUT2D eigenvalue weighted by Crippen LogP contribution is -2.47. The second kappa shape index (κ2) is 8.51. The number of hydrogen-bond acceptors (Lipinski definition) is 6. The number of benzene rings is 1. The van der Waals surface area contributed by atoms with Crippen LogP contribution in [0, 0.1) is 0 Å². The number of ether oxygens (including phenoxy) is 2. The second-order valence-electron chi connectivity index (χ2n) is 8.76. The van der Waals surface area contributed by atoms with Gasteiger partial charge < -0.3 is 29.5 Å². The first-order valence-corrected chi connectivity index (χ1v) is 10.1. The van der Waals surface area contributed by atoms with Gasteiger partial charge >= 0.3 is 6.09 Å². The number of piperazine rings is 1. The number of nitrogens with zero attached hydrogens (tertiary/aromatic N) is 3. The quantitative estimate of drug-likeness (QED) is 0.779. The van der Waals surface area contributed by atoms with Crippen molar-refractivity contribution in [3.8, 4) is 5.75 Å². The summed E-state index contributed by atoms with van der Waals surface area (Å²) in [6.45, 7) is 8.34. The average molecular weight is 418 g/mol. The Morgan fingerprint density at radius 2 is 1.80 bits per heavy atom. The number of carbonyl (C=O) groups is 3. The molecule has 0 spiro atoms. The molecule has 1 atom stereocenters. The highest BCUT2D eigenvalue weighted by molar-refractivity contribution is 6.01. The predicted octanol–water partition coefficient (Wildman–Crippen LogP) is 1.32. The Labute approximate surface area is 176 Å². The van der Waals surface area contributed by atoms with Crippen LogP contribution in [-0.4, -0.2) is 86.2 Å². The van der Waals surface area contributed by atoms with E-state index < -0.39 is 23.6 Å². The molecule has 1 saturated heterocycles. The maximum atomic E-state index is 12.9. The minimum atomic E-state index is -1.08. The van der Waals surface area contributed by atoms with E-state index in [1.54, 1.807) is 25.2 Å². The molecule has 30 heavy (non-hydrogen) atoms. The van der Waals surface area contributed by atoms with Crippen LogP contribution in [0.25, 0.3) is 0 Å². The molecule has 9 nitrogen and oxygen atoms in total. The summed E-state index contributed by atoms with van der Waals surface area (Å²) in [6, 6.07) is 5.04. The van der Waals surface area contributed by atoms with Gasteiger partial charge in [-0.05, 0) is 46.0 Å².